The van der Waals surface area contributed by atoms with E-state index in [2.05, 4.69) is 19.2 Å². The third kappa shape index (κ3) is 6.12. The predicted molar refractivity (Wildman–Crippen MR) is 99.5 cm³/mol. The van der Waals surface area contributed by atoms with Gasteiger partial charge in [0, 0.05) is 5.56 Å². The van der Waals surface area contributed by atoms with Gasteiger partial charge in [-0.3, -0.25) is 9.59 Å². The first-order valence-electron chi connectivity index (χ1n) is 8.48. The molecule has 0 bridgehead atoms. The largest absolute Gasteiger partial charge is 0.492 e. The number of amides is 2. The van der Waals surface area contributed by atoms with E-state index < -0.39 is 5.91 Å². The summed E-state index contributed by atoms with van der Waals surface area (Å²) in [6.07, 6.45) is 0. The van der Waals surface area contributed by atoms with Crippen LogP contribution in [0, 0.1) is 0 Å². The molecule has 26 heavy (non-hydrogen) atoms. The van der Waals surface area contributed by atoms with E-state index in [-0.39, 0.29) is 12.5 Å². The zero-order chi connectivity index (χ0) is 18.9. The standard InChI is InChI=1S/C20H24N2O4/c1-14(2)15-3-7-17(8-4-15)25-12-11-22-19(23)13-26-18-9-5-16(6-10-18)20(21)24/h3-10,14H,11-13H2,1-2H3,(H2,21,24)(H,22,23). The highest BCUT2D eigenvalue weighted by Gasteiger charge is 2.04. The summed E-state index contributed by atoms with van der Waals surface area (Å²) < 4.78 is 10.9. The Kier molecular flexibility index (Phi) is 7.02. The van der Waals surface area contributed by atoms with Crippen LogP contribution in [0.3, 0.4) is 0 Å². The molecule has 2 rings (SSSR count). The minimum atomic E-state index is -0.506. The van der Waals surface area contributed by atoms with E-state index in [1.807, 2.05) is 24.3 Å². The predicted octanol–water partition coefficient (Wildman–Crippen LogP) is 2.48. The number of carbonyl (C=O) groups is 2. The number of nitrogens with one attached hydrogen (secondary N) is 1. The van der Waals surface area contributed by atoms with Crippen LogP contribution in [0.2, 0.25) is 0 Å². The minimum Gasteiger partial charge on any atom is -0.492 e. The molecule has 0 aromatic heterocycles. The van der Waals surface area contributed by atoms with Gasteiger partial charge in [0.15, 0.2) is 6.61 Å². The van der Waals surface area contributed by atoms with Crippen molar-refractivity contribution in [3.63, 3.8) is 0 Å². The molecule has 0 aliphatic heterocycles. The van der Waals surface area contributed by atoms with Crippen molar-refractivity contribution in [3.05, 3.63) is 59.7 Å². The smallest absolute Gasteiger partial charge is 0.258 e. The number of primary amides is 1. The molecule has 0 aliphatic carbocycles. The van der Waals surface area contributed by atoms with E-state index in [1.54, 1.807) is 24.3 Å². The molecule has 0 atom stereocenters. The fraction of sp³-hybridized carbons (Fsp3) is 0.300. The molecule has 2 aromatic rings. The Labute approximate surface area is 153 Å². The normalized spacial score (nSPS) is 10.4. The minimum absolute atomic E-state index is 0.112. The summed E-state index contributed by atoms with van der Waals surface area (Å²) in [6, 6.07) is 14.2. The molecule has 2 amide bonds. The molecule has 138 valence electrons. The molecule has 2 aromatic carbocycles. The highest BCUT2D eigenvalue weighted by molar-refractivity contribution is 5.92. The van der Waals surface area contributed by atoms with Crippen molar-refractivity contribution < 1.29 is 19.1 Å². The van der Waals surface area contributed by atoms with Crippen molar-refractivity contribution in [2.24, 2.45) is 5.73 Å². The Bertz CT molecular complexity index is 724. The zero-order valence-corrected chi connectivity index (χ0v) is 15.0. The van der Waals surface area contributed by atoms with Crippen molar-refractivity contribution in [1.29, 1.82) is 0 Å². The lowest BCUT2D eigenvalue weighted by atomic mass is 10.0. The van der Waals surface area contributed by atoms with Gasteiger partial charge >= 0.3 is 0 Å². The van der Waals surface area contributed by atoms with Gasteiger partial charge in [-0.05, 0) is 47.9 Å². The van der Waals surface area contributed by atoms with Crippen LogP contribution in [0.1, 0.15) is 35.7 Å². The quantitative estimate of drug-likeness (QED) is 0.675. The molecule has 6 heteroatoms. The lowest BCUT2D eigenvalue weighted by Gasteiger charge is -2.10. The van der Waals surface area contributed by atoms with Gasteiger partial charge in [0.05, 0.1) is 6.54 Å². The van der Waals surface area contributed by atoms with E-state index >= 15 is 0 Å². The molecule has 0 radical (unpaired) electrons. The molecular weight excluding hydrogens is 332 g/mol. The van der Waals surface area contributed by atoms with Crippen LogP contribution in [0.5, 0.6) is 11.5 Å². The van der Waals surface area contributed by atoms with Crippen LogP contribution in [0.15, 0.2) is 48.5 Å². The zero-order valence-electron chi connectivity index (χ0n) is 15.0. The Hall–Kier alpha value is -3.02. The molecule has 0 saturated heterocycles. The maximum Gasteiger partial charge on any atom is 0.258 e. The number of hydrogen-bond donors (Lipinski definition) is 2. The number of hydrogen-bond acceptors (Lipinski definition) is 4. The summed E-state index contributed by atoms with van der Waals surface area (Å²) in [5.74, 6) is 0.993. The number of carbonyl (C=O) groups excluding carboxylic acids is 2. The monoisotopic (exact) mass is 356 g/mol. The molecule has 0 fully saturated rings. The van der Waals surface area contributed by atoms with Crippen LogP contribution < -0.4 is 20.5 Å². The molecule has 6 nitrogen and oxygen atoms in total. The molecule has 0 saturated carbocycles. The molecule has 0 unspecified atom stereocenters. The first kappa shape index (κ1) is 19.3. The summed E-state index contributed by atoms with van der Waals surface area (Å²) in [5.41, 5.74) is 6.81. The van der Waals surface area contributed by atoms with E-state index in [4.69, 9.17) is 15.2 Å². The number of benzene rings is 2. The first-order chi connectivity index (χ1) is 12.5. The third-order valence-corrected chi connectivity index (χ3v) is 3.75. The average molecular weight is 356 g/mol. The summed E-state index contributed by atoms with van der Waals surface area (Å²) in [7, 11) is 0. The van der Waals surface area contributed by atoms with Gasteiger partial charge in [-0.1, -0.05) is 26.0 Å². The van der Waals surface area contributed by atoms with Crippen molar-refractivity contribution >= 4 is 11.8 Å². The van der Waals surface area contributed by atoms with E-state index in [0.29, 0.717) is 30.4 Å². The highest BCUT2D eigenvalue weighted by atomic mass is 16.5. The molecular formula is C20H24N2O4. The van der Waals surface area contributed by atoms with E-state index in [0.717, 1.165) is 5.75 Å². The first-order valence-corrected chi connectivity index (χ1v) is 8.48. The lowest BCUT2D eigenvalue weighted by molar-refractivity contribution is -0.123. The second-order valence-corrected chi connectivity index (χ2v) is 6.10. The highest BCUT2D eigenvalue weighted by Crippen LogP contribution is 2.18. The third-order valence-electron chi connectivity index (χ3n) is 3.75. The SMILES string of the molecule is CC(C)c1ccc(OCCNC(=O)COc2ccc(C(N)=O)cc2)cc1. The van der Waals surface area contributed by atoms with Crippen LogP contribution in [-0.2, 0) is 4.79 Å². The van der Waals surface area contributed by atoms with Gasteiger partial charge in [0.1, 0.15) is 18.1 Å². The molecule has 0 spiro atoms. The van der Waals surface area contributed by atoms with Crippen LogP contribution in [-0.4, -0.2) is 31.6 Å². The summed E-state index contributed by atoms with van der Waals surface area (Å²) in [5, 5.41) is 2.72. The Balaban J connectivity index is 1.65. The average Bonchev–Trinajstić information content (AvgIpc) is 2.64. The van der Waals surface area contributed by atoms with Gasteiger partial charge in [0.25, 0.3) is 5.91 Å². The number of nitrogens with two attached hydrogens (primary N) is 1. The second-order valence-electron chi connectivity index (χ2n) is 6.10. The molecule has 3 N–H and O–H groups in total. The molecule has 0 heterocycles. The summed E-state index contributed by atoms with van der Waals surface area (Å²) in [4.78, 5) is 22.7. The van der Waals surface area contributed by atoms with Gasteiger partial charge in [-0.15, -0.1) is 0 Å². The van der Waals surface area contributed by atoms with Crippen molar-refractivity contribution in [1.82, 2.24) is 5.32 Å². The second kappa shape index (κ2) is 9.46. The topological polar surface area (TPSA) is 90.7 Å². The van der Waals surface area contributed by atoms with E-state index in [1.165, 1.54) is 5.56 Å². The van der Waals surface area contributed by atoms with Gasteiger partial charge in [0.2, 0.25) is 5.91 Å². The van der Waals surface area contributed by atoms with Gasteiger partial charge < -0.3 is 20.5 Å². The maximum atomic E-state index is 11.8. The fourth-order valence-corrected chi connectivity index (χ4v) is 2.22. The van der Waals surface area contributed by atoms with Crippen LogP contribution >= 0.6 is 0 Å². The Morgan fingerprint density at radius 2 is 1.54 bits per heavy atom. The molecule has 0 aliphatic rings. The fourth-order valence-electron chi connectivity index (χ4n) is 2.22. The lowest BCUT2D eigenvalue weighted by Crippen LogP contribution is -2.32. The van der Waals surface area contributed by atoms with Crippen molar-refractivity contribution in [3.8, 4) is 11.5 Å². The van der Waals surface area contributed by atoms with Gasteiger partial charge in [-0.25, -0.2) is 0 Å². The summed E-state index contributed by atoms with van der Waals surface area (Å²) in [6.45, 7) is 4.92. The Morgan fingerprint density at radius 3 is 2.12 bits per heavy atom. The van der Waals surface area contributed by atoms with Crippen LogP contribution in [0.25, 0.3) is 0 Å². The van der Waals surface area contributed by atoms with Crippen molar-refractivity contribution in [2.75, 3.05) is 19.8 Å². The maximum absolute atomic E-state index is 11.8. The van der Waals surface area contributed by atoms with Gasteiger partial charge in [-0.2, -0.15) is 0 Å². The van der Waals surface area contributed by atoms with Crippen LogP contribution in [0.4, 0.5) is 0 Å². The summed E-state index contributed by atoms with van der Waals surface area (Å²) >= 11 is 0. The van der Waals surface area contributed by atoms with E-state index in [9.17, 15) is 9.59 Å². The number of ether oxygens (including phenoxy) is 2. The van der Waals surface area contributed by atoms with Crippen molar-refractivity contribution in [2.45, 2.75) is 19.8 Å². The number of rotatable bonds is 9. The Morgan fingerprint density at radius 1 is 0.962 bits per heavy atom.